The average Bonchev–Trinajstić information content (AvgIpc) is 2.51. The molecule has 1 fully saturated rings. The monoisotopic (exact) mass is 295 g/mol. The second-order valence-corrected chi connectivity index (χ2v) is 6.48. The van der Waals surface area contributed by atoms with Crippen LogP contribution in [0.1, 0.15) is 77.6 Å². The highest BCUT2D eigenvalue weighted by Gasteiger charge is 2.20. The predicted molar refractivity (Wildman–Crippen MR) is 92.8 cm³/mol. The van der Waals surface area contributed by atoms with Crippen molar-refractivity contribution in [2.24, 2.45) is 0 Å². The van der Waals surface area contributed by atoms with Gasteiger partial charge in [-0.25, -0.2) is 0 Å². The molecule has 0 aliphatic carbocycles. The molecule has 1 aliphatic rings. The number of nitrogens with zero attached hydrogens (tertiary/aromatic N) is 1. The summed E-state index contributed by atoms with van der Waals surface area (Å²) >= 11 is 0. The van der Waals surface area contributed by atoms with E-state index in [0.717, 1.165) is 26.3 Å². The average molecular weight is 296 g/mol. The van der Waals surface area contributed by atoms with Crippen LogP contribution in [-0.4, -0.2) is 37.2 Å². The molecule has 1 aliphatic heterocycles. The molecule has 21 heavy (non-hydrogen) atoms. The number of hydrogen-bond donors (Lipinski definition) is 0. The zero-order chi connectivity index (χ0) is 15.2. The molecule has 0 bridgehead atoms. The van der Waals surface area contributed by atoms with Crippen molar-refractivity contribution in [1.29, 1.82) is 0 Å². The Bertz CT molecular complexity index is 242. The van der Waals surface area contributed by atoms with Crippen LogP contribution in [0.15, 0.2) is 12.7 Å². The highest BCUT2D eigenvalue weighted by atomic mass is 16.5. The quantitative estimate of drug-likeness (QED) is 0.343. The van der Waals surface area contributed by atoms with Crippen LogP contribution in [0.3, 0.4) is 0 Å². The van der Waals surface area contributed by atoms with Crippen molar-refractivity contribution in [3.63, 3.8) is 0 Å². The molecule has 1 saturated heterocycles. The number of hydrogen-bond acceptors (Lipinski definition) is 2. The van der Waals surface area contributed by atoms with E-state index in [4.69, 9.17) is 4.74 Å². The van der Waals surface area contributed by atoms with Gasteiger partial charge in [0, 0.05) is 19.1 Å². The van der Waals surface area contributed by atoms with Crippen molar-refractivity contribution >= 4 is 0 Å². The van der Waals surface area contributed by atoms with Gasteiger partial charge in [-0.1, -0.05) is 77.2 Å². The van der Waals surface area contributed by atoms with Crippen LogP contribution >= 0.6 is 0 Å². The molecule has 1 rings (SSSR count). The second kappa shape index (κ2) is 13.3. The summed E-state index contributed by atoms with van der Waals surface area (Å²) in [4.78, 5) is 2.53. The van der Waals surface area contributed by atoms with E-state index < -0.39 is 0 Å². The van der Waals surface area contributed by atoms with Crippen molar-refractivity contribution in [3.05, 3.63) is 12.7 Å². The molecule has 0 amide bonds. The molecule has 0 aromatic heterocycles. The number of morpholine rings is 1. The van der Waals surface area contributed by atoms with Gasteiger partial charge < -0.3 is 4.74 Å². The number of ether oxygens (including phenoxy) is 1. The van der Waals surface area contributed by atoms with Crippen LogP contribution < -0.4 is 0 Å². The molecular formula is C19H37NO. The van der Waals surface area contributed by atoms with Crippen LogP contribution in [0.2, 0.25) is 0 Å². The summed E-state index contributed by atoms with van der Waals surface area (Å²) in [5.74, 6) is 0. The Morgan fingerprint density at radius 3 is 2.24 bits per heavy atom. The fourth-order valence-corrected chi connectivity index (χ4v) is 3.23. The minimum atomic E-state index is 0.630. The van der Waals surface area contributed by atoms with Crippen LogP contribution in [0, 0.1) is 0 Å². The van der Waals surface area contributed by atoms with Crippen LogP contribution in [0.5, 0.6) is 0 Å². The van der Waals surface area contributed by atoms with Crippen molar-refractivity contribution in [2.75, 3.05) is 26.3 Å². The van der Waals surface area contributed by atoms with Crippen molar-refractivity contribution in [2.45, 2.75) is 83.6 Å². The van der Waals surface area contributed by atoms with E-state index in [9.17, 15) is 0 Å². The van der Waals surface area contributed by atoms with E-state index in [1.165, 1.54) is 70.6 Å². The first kappa shape index (κ1) is 18.7. The van der Waals surface area contributed by atoms with Gasteiger partial charge in [0.15, 0.2) is 0 Å². The van der Waals surface area contributed by atoms with Gasteiger partial charge in [0.2, 0.25) is 0 Å². The molecule has 124 valence electrons. The van der Waals surface area contributed by atoms with E-state index in [-0.39, 0.29) is 0 Å². The Kier molecular flexibility index (Phi) is 11.9. The largest absolute Gasteiger partial charge is 0.378 e. The Morgan fingerprint density at radius 2 is 1.62 bits per heavy atom. The molecule has 0 aromatic carbocycles. The van der Waals surface area contributed by atoms with Crippen LogP contribution in [-0.2, 0) is 4.74 Å². The zero-order valence-electron chi connectivity index (χ0n) is 14.3. The minimum absolute atomic E-state index is 0.630. The Morgan fingerprint density at radius 1 is 1.00 bits per heavy atom. The lowest BCUT2D eigenvalue weighted by molar-refractivity contribution is -0.00536. The molecule has 0 radical (unpaired) electrons. The van der Waals surface area contributed by atoms with Gasteiger partial charge in [0.1, 0.15) is 0 Å². The van der Waals surface area contributed by atoms with Gasteiger partial charge in [-0.05, 0) is 6.42 Å². The minimum Gasteiger partial charge on any atom is -0.378 e. The normalized spacial score (nSPS) is 19.8. The Hall–Kier alpha value is -0.340. The third-order valence-corrected chi connectivity index (χ3v) is 4.60. The summed E-state index contributed by atoms with van der Waals surface area (Å²) < 4.78 is 5.63. The Balaban J connectivity index is 1.92. The molecule has 2 heteroatoms. The molecule has 0 spiro atoms. The van der Waals surface area contributed by atoms with Gasteiger partial charge in [0.25, 0.3) is 0 Å². The van der Waals surface area contributed by atoms with E-state index in [0.29, 0.717) is 6.04 Å². The van der Waals surface area contributed by atoms with Crippen molar-refractivity contribution in [3.8, 4) is 0 Å². The van der Waals surface area contributed by atoms with E-state index >= 15 is 0 Å². The summed E-state index contributed by atoms with van der Waals surface area (Å²) in [6, 6.07) is 0.630. The molecule has 0 aromatic rings. The van der Waals surface area contributed by atoms with Gasteiger partial charge in [-0.3, -0.25) is 4.90 Å². The third-order valence-electron chi connectivity index (χ3n) is 4.60. The lowest BCUT2D eigenvalue weighted by Crippen LogP contribution is -2.45. The molecule has 1 unspecified atom stereocenters. The molecule has 0 saturated carbocycles. The smallest absolute Gasteiger partial charge is 0.0622 e. The first-order valence-electron chi connectivity index (χ1n) is 9.31. The maximum Gasteiger partial charge on any atom is 0.0622 e. The summed E-state index contributed by atoms with van der Waals surface area (Å²) in [6.45, 7) is 10.1. The molecule has 0 N–H and O–H groups in total. The Labute approximate surface area is 132 Å². The third kappa shape index (κ3) is 9.31. The first-order chi connectivity index (χ1) is 10.4. The van der Waals surface area contributed by atoms with Crippen molar-refractivity contribution < 1.29 is 4.74 Å². The fraction of sp³-hybridized carbons (Fsp3) is 0.895. The highest BCUT2D eigenvalue weighted by molar-refractivity contribution is 4.81. The van der Waals surface area contributed by atoms with Gasteiger partial charge in [0.05, 0.1) is 13.2 Å². The van der Waals surface area contributed by atoms with E-state index in [1.807, 2.05) is 6.08 Å². The lowest BCUT2D eigenvalue weighted by atomic mass is 10.0. The second-order valence-electron chi connectivity index (χ2n) is 6.48. The van der Waals surface area contributed by atoms with E-state index in [1.54, 1.807) is 0 Å². The fourth-order valence-electron chi connectivity index (χ4n) is 3.23. The maximum absolute atomic E-state index is 5.63. The summed E-state index contributed by atoms with van der Waals surface area (Å²) in [5.41, 5.74) is 0. The number of rotatable bonds is 13. The van der Waals surface area contributed by atoms with Gasteiger partial charge in [-0.2, -0.15) is 0 Å². The molecule has 2 nitrogen and oxygen atoms in total. The highest BCUT2D eigenvalue weighted by Crippen LogP contribution is 2.16. The zero-order valence-corrected chi connectivity index (χ0v) is 14.3. The first-order valence-corrected chi connectivity index (χ1v) is 9.31. The number of unbranched alkanes of at least 4 members (excludes halogenated alkanes) is 9. The van der Waals surface area contributed by atoms with Gasteiger partial charge >= 0.3 is 0 Å². The lowest BCUT2D eigenvalue weighted by Gasteiger charge is -2.34. The van der Waals surface area contributed by atoms with E-state index in [2.05, 4.69) is 18.4 Å². The SMILES string of the molecule is C=CCN1CCOCC1CCCCCCCCCCCC. The van der Waals surface area contributed by atoms with Crippen molar-refractivity contribution in [1.82, 2.24) is 4.90 Å². The standard InChI is InChI=1S/C19H37NO/c1-3-5-6-7-8-9-10-11-12-13-14-19-18-21-17-16-20(19)15-4-2/h4,19H,2-3,5-18H2,1H3. The molecule has 1 atom stereocenters. The van der Waals surface area contributed by atoms with Crippen LogP contribution in [0.25, 0.3) is 0 Å². The summed E-state index contributed by atoms with van der Waals surface area (Å²) in [7, 11) is 0. The van der Waals surface area contributed by atoms with Crippen LogP contribution in [0.4, 0.5) is 0 Å². The topological polar surface area (TPSA) is 12.5 Å². The predicted octanol–water partition coefficient (Wildman–Crippen LogP) is 5.18. The van der Waals surface area contributed by atoms with Gasteiger partial charge in [-0.15, -0.1) is 6.58 Å². The summed E-state index contributed by atoms with van der Waals surface area (Å²) in [5, 5.41) is 0. The maximum atomic E-state index is 5.63. The molecule has 1 heterocycles. The molecular weight excluding hydrogens is 258 g/mol. The summed E-state index contributed by atoms with van der Waals surface area (Å²) in [6.07, 6.45) is 17.5.